The number of fused-ring (bicyclic) bond motifs is 6. The van der Waals surface area contributed by atoms with Crippen molar-refractivity contribution < 1.29 is 51.1 Å². The van der Waals surface area contributed by atoms with Gasteiger partial charge in [0.25, 0.3) is 0 Å². The third-order valence-corrected chi connectivity index (χ3v) is 14.4. The van der Waals surface area contributed by atoms with Gasteiger partial charge in [0.1, 0.15) is 11.8 Å². The molecule has 3 aliphatic heterocycles. The van der Waals surface area contributed by atoms with Crippen LogP contribution in [0.3, 0.4) is 0 Å². The molecule has 2 N–H and O–H groups in total. The van der Waals surface area contributed by atoms with E-state index >= 15 is 0 Å². The Kier molecular flexibility index (Phi) is 15.3. The number of methoxy groups -OCH3 is 1. The zero-order valence-corrected chi connectivity index (χ0v) is 25.8. The summed E-state index contributed by atoms with van der Waals surface area (Å²) in [4.78, 5) is 25.6. The van der Waals surface area contributed by atoms with Crippen LogP contribution < -0.4 is 0 Å². The number of hydrogen-bond acceptors (Lipinski definition) is 11. The molecule has 5 unspecified atom stereocenters. The minimum Gasteiger partial charge on any atom is -0.412 e. The molecule has 3 heterocycles. The van der Waals surface area contributed by atoms with Crippen molar-refractivity contribution in [1.82, 2.24) is 4.90 Å². The van der Waals surface area contributed by atoms with Crippen molar-refractivity contribution in [1.29, 1.82) is 0 Å². The summed E-state index contributed by atoms with van der Waals surface area (Å²) in [6, 6.07) is 1.09. The topological polar surface area (TPSA) is 143 Å². The summed E-state index contributed by atoms with van der Waals surface area (Å²) in [5, 5.41) is 0. The van der Waals surface area contributed by atoms with E-state index in [9.17, 15) is 9.59 Å². The fourth-order valence-corrected chi connectivity index (χ4v) is 10.2. The highest BCUT2D eigenvalue weighted by Crippen LogP contribution is 2.30. The molecule has 3 saturated heterocycles. The highest BCUT2D eigenvalue weighted by molar-refractivity contribution is 7.17. The number of nitrogens with zero attached hydrogens (tertiary/aromatic N) is 1. The minimum atomic E-state index is -3.24. The molecule has 3 rings (SSSR count). The van der Waals surface area contributed by atoms with Gasteiger partial charge in [0.05, 0.1) is 32.0 Å². The van der Waals surface area contributed by atoms with Gasteiger partial charge >= 0.3 is 17.6 Å². The fourth-order valence-electron chi connectivity index (χ4n) is 4.58. The highest BCUT2D eigenvalue weighted by atomic mass is 28.4. The van der Waals surface area contributed by atoms with E-state index in [0.717, 1.165) is 18.2 Å². The molecule has 15 heteroatoms. The van der Waals surface area contributed by atoms with E-state index in [-0.39, 0.29) is 23.6 Å². The first-order chi connectivity index (χ1) is 17.3. The summed E-state index contributed by atoms with van der Waals surface area (Å²) in [6.07, 6.45) is 0.154. The van der Waals surface area contributed by atoms with E-state index in [2.05, 4.69) is 11.5 Å². The lowest BCUT2D eigenvalue weighted by Crippen LogP contribution is -2.62. The van der Waals surface area contributed by atoms with Gasteiger partial charge in [-0.1, -0.05) is 13.1 Å². The lowest BCUT2D eigenvalue weighted by molar-refractivity contribution is -0.0943. The first-order valence-corrected chi connectivity index (χ1v) is 18.9. The van der Waals surface area contributed by atoms with Crippen LogP contribution in [0.4, 0.5) is 0 Å². The molecule has 0 amide bonds. The third-order valence-electron chi connectivity index (χ3n) is 6.66. The van der Waals surface area contributed by atoms with E-state index < -0.39 is 25.7 Å². The van der Waals surface area contributed by atoms with Gasteiger partial charge in [-0.05, 0) is 18.2 Å². The summed E-state index contributed by atoms with van der Waals surface area (Å²) in [7, 11) is -2.18. The third kappa shape index (κ3) is 9.79. The van der Waals surface area contributed by atoms with Crippen LogP contribution in [0.25, 0.3) is 0 Å². The number of ether oxygens (including phenoxy) is 2. The SMILES string of the molecule is C=C[Si]12OCCN(CC(COCCC[Si](OC)(OC)OC)O1)CC(C(COC)C[Si](C)(C=O)C=O)O2.O. The lowest BCUT2D eigenvalue weighted by Gasteiger charge is -2.45. The Morgan fingerprint density at radius 2 is 1.78 bits per heavy atom. The van der Waals surface area contributed by atoms with Crippen LogP contribution in [-0.4, -0.2) is 135 Å². The first kappa shape index (κ1) is 34.4. The number of carbonyl (C=O) groups excluding carboxylic acids is 2. The maximum atomic E-state index is 11.7. The van der Waals surface area contributed by atoms with Crippen LogP contribution >= 0.6 is 0 Å². The maximum absolute atomic E-state index is 11.7. The van der Waals surface area contributed by atoms with Crippen LogP contribution in [-0.2, 0) is 45.6 Å². The molecule has 0 aliphatic carbocycles. The Morgan fingerprint density at radius 1 is 1.11 bits per heavy atom. The van der Waals surface area contributed by atoms with Crippen molar-refractivity contribution in [3.05, 3.63) is 12.3 Å². The smallest absolute Gasteiger partial charge is 0.412 e. The monoisotopic (exact) mass is 583 g/mol. The van der Waals surface area contributed by atoms with Crippen LogP contribution in [0, 0.1) is 5.92 Å². The number of rotatable bonds is 17. The summed E-state index contributed by atoms with van der Waals surface area (Å²) in [6.45, 7) is 9.43. The Hall–Kier alpha value is -0.669. The molecular weight excluding hydrogens is 538 g/mol. The second-order valence-corrected chi connectivity index (χ2v) is 18.8. The molecule has 0 spiro atoms. The molecular formula is C22H45NO11Si3. The first-order valence-electron chi connectivity index (χ1n) is 12.3. The summed E-state index contributed by atoms with van der Waals surface area (Å²) in [5.74, 6) is 1.50. The van der Waals surface area contributed by atoms with Crippen LogP contribution in [0.5, 0.6) is 0 Å². The molecule has 0 aromatic rings. The zero-order chi connectivity index (χ0) is 26.7. The predicted molar refractivity (Wildman–Crippen MR) is 144 cm³/mol. The second-order valence-electron chi connectivity index (χ2n) is 9.45. The highest BCUT2D eigenvalue weighted by Gasteiger charge is 2.49. The molecule has 0 saturated carbocycles. The molecule has 0 aromatic carbocycles. The minimum absolute atomic E-state index is 0. The van der Waals surface area contributed by atoms with Gasteiger partial charge in [-0.15, -0.1) is 0 Å². The van der Waals surface area contributed by atoms with Gasteiger partial charge < -0.3 is 51.1 Å². The van der Waals surface area contributed by atoms with Crippen LogP contribution in [0.2, 0.25) is 18.6 Å². The van der Waals surface area contributed by atoms with Gasteiger partial charge in [0, 0.05) is 66.6 Å². The summed E-state index contributed by atoms with van der Waals surface area (Å²) >= 11 is 0. The van der Waals surface area contributed by atoms with Gasteiger partial charge in [-0.25, -0.2) is 0 Å². The van der Waals surface area contributed by atoms with Crippen molar-refractivity contribution in [2.24, 2.45) is 5.92 Å². The molecule has 3 fully saturated rings. The van der Waals surface area contributed by atoms with Gasteiger partial charge in [0.2, 0.25) is 0 Å². The molecule has 37 heavy (non-hydrogen) atoms. The maximum Gasteiger partial charge on any atom is 0.529 e. The van der Waals surface area contributed by atoms with E-state index in [1.165, 1.54) is 0 Å². The number of hydrogen-bond donors (Lipinski definition) is 0. The molecule has 0 aromatic heterocycles. The average Bonchev–Trinajstić information content (AvgIpc) is 2.86. The standard InChI is InChI=1S/C22H43NO10Si3.H2O/c1-7-35-31-11-9-23(14-22(33-35)20(15-26-2)17-34(6,18-24)19-25)13-21(32-35)16-30-10-8-12-36(27-3,28-4)29-5;/h7,18-22H,1,8-17H2,2-6H3;1H2. The van der Waals surface area contributed by atoms with E-state index in [0.29, 0.717) is 58.1 Å². The Bertz CT molecular complexity index is 687. The second kappa shape index (κ2) is 16.4. The van der Waals surface area contributed by atoms with Crippen molar-refractivity contribution in [3.8, 4) is 0 Å². The molecule has 12 nitrogen and oxygen atoms in total. The van der Waals surface area contributed by atoms with E-state index in [4.69, 9.17) is 36.0 Å². The Morgan fingerprint density at radius 3 is 2.35 bits per heavy atom. The number of carbonyl (C=O) groups is 2. The molecule has 0 radical (unpaired) electrons. The predicted octanol–water partition coefficient (Wildman–Crippen LogP) is 0.112. The normalized spacial score (nSPS) is 27.3. The largest absolute Gasteiger partial charge is 0.529 e. The summed E-state index contributed by atoms with van der Waals surface area (Å²) < 4.78 is 46.9. The fraction of sp³-hybridized carbons (Fsp3) is 0.818. The van der Waals surface area contributed by atoms with Gasteiger partial charge in [-0.3, -0.25) is 4.90 Å². The van der Waals surface area contributed by atoms with Crippen molar-refractivity contribution in [3.63, 3.8) is 0 Å². The molecule has 2 bridgehead atoms. The van der Waals surface area contributed by atoms with Crippen molar-refractivity contribution in [2.75, 3.05) is 74.5 Å². The molecule has 5 atom stereocenters. The van der Waals surface area contributed by atoms with E-state index in [1.54, 1.807) is 40.7 Å². The Labute approximate surface area is 223 Å². The van der Waals surface area contributed by atoms with Crippen molar-refractivity contribution in [2.45, 2.75) is 37.3 Å². The van der Waals surface area contributed by atoms with Crippen LogP contribution in [0.15, 0.2) is 12.3 Å². The van der Waals surface area contributed by atoms with Crippen molar-refractivity contribution >= 4 is 37.5 Å². The van der Waals surface area contributed by atoms with Crippen LogP contribution in [0.1, 0.15) is 6.42 Å². The van der Waals surface area contributed by atoms with E-state index in [1.807, 2.05) is 0 Å². The van der Waals surface area contributed by atoms with Gasteiger partial charge in [-0.2, -0.15) is 0 Å². The molecule has 216 valence electrons. The quantitative estimate of drug-likeness (QED) is 0.131. The summed E-state index contributed by atoms with van der Waals surface area (Å²) in [5.41, 5.74) is 1.66. The Balaban J connectivity index is 0.00000684. The molecule has 3 aliphatic rings. The lowest BCUT2D eigenvalue weighted by atomic mass is 10.0. The average molecular weight is 584 g/mol. The zero-order valence-electron chi connectivity index (χ0n) is 22.8. The van der Waals surface area contributed by atoms with Gasteiger partial charge in [0.15, 0.2) is 8.07 Å².